The lowest BCUT2D eigenvalue weighted by molar-refractivity contribution is -0.128. The van der Waals surface area contributed by atoms with Gasteiger partial charge in [0.25, 0.3) is 0 Å². The van der Waals surface area contributed by atoms with Crippen molar-refractivity contribution in [3.8, 4) is 6.07 Å². The van der Waals surface area contributed by atoms with Crippen molar-refractivity contribution in [2.45, 2.75) is 37.9 Å². The van der Waals surface area contributed by atoms with E-state index in [1.807, 2.05) is 36.8 Å². The molecule has 0 radical (unpaired) electrons. The summed E-state index contributed by atoms with van der Waals surface area (Å²) < 4.78 is 2.16. The molecule has 1 unspecified atom stereocenters. The van der Waals surface area contributed by atoms with Crippen LogP contribution in [0.1, 0.15) is 46.8 Å². The molecular weight excluding hydrogens is 412 g/mol. The number of carbonyl (C=O) groups excluding carboxylic acids is 1. The lowest BCUT2D eigenvalue weighted by Gasteiger charge is -2.43. The zero-order chi connectivity index (χ0) is 22.8. The van der Waals surface area contributed by atoms with Crippen LogP contribution in [0.15, 0.2) is 61.1 Å². The Hall–Kier alpha value is -3.47. The van der Waals surface area contributed by atoms with Crippen LogP contribution in [0.4, 0.5) is 0 Å². The summed E-state index contributed by atoms with van der Waals surface area (Å²) >= 11 is 0. The molecule has 2 aliphatic rings. The Morgan fingerprint density at radius 3 is 2.70 bits per heavy atom. The second-order valence-electron chi connectivity index (χ2n) is 8.99. The summed E-state index contributed by atoms with van der Waals surface area (Å²) in [7, 11) is 0. The maximum atomic E-state index is 13.1. The minimum Gasteiger partial charge on any atom is -0.342 e. The van der Waals surface area contributed by atoms with Crippen molar-refractivity contribution in [3.05, 3.63) is 89.0 Å². The second kappa shape index (κ2) is 8.81. The topological polar surface area (TPSA) is 86.0 Å². The Kier molecular flexibility index (Phi) is 5.71. The zero-order valence-corrected chi connectivity index (χ0v) is 18.8. The number of nitriles is 1. The number of carbonyl (C=O) groups is 1. The summed E-state index contributed by atoms with van der Waals surface area (Å²) in [5.74, 6) is 0.125. The first-order valence-electron chi connectivity index (χ1n) is 11.4. The van der Waals surface area contributed by atoms with Crippen molar-refractivity contribution in [1.82, 2.24) is 25.1 Å². The van der Waals surface area contributed by atoms with E-state index >= 15 is 0 Å². The fourth-order valence-electron chi connectivity index (χ4n) is 5.22. The predicted octanol–water partition coefficient (Wildman–Crippen LogP) is 2.71. The van der Waals surface area contributed by atoms with E-state index in [0.717, 1.165) is 42.8 Å². The fraction of sp³-hybridized carbons (Fsp3) is 0.346. The molecule has 2 saturated heterocycles. The molecule has 7 heteroatoms. The van der Waals surface area contributed by atoms with Gasteiger partial charge in [-0.15, -0.1) is 0 Å². The summed E-state index contributed by atoms with van der Waals surface area (Å²) in [6.07, 6.45) is 5.35. The highest BCUT2D eigenvalue weighted by Crippen LogP contribution is 2.40. The number of nitrogens with one attached hydrogen (secondary N) is 2. The van der Waals surface area contributed by atoms with Gasteiger partial charge < -0.3 is 15.2 Å². The summed E-state index contributed by atoms with van der Waals surface area (Å²) in [5.41, 5.74) is 4.63. The van der Waals surface area contributed by atoms with Gasteiger partial charge in [-0.2, -0.15) is 5.26 Å². The number of rotatable bonds is 5. The van der Waals surface area contributed by atoms with Crippen molar-refractivity contribution in [2.75, 3.05) is 19.8 Å². The average Bonchev–Trinajstić information content (AvgIpc) is 3.41. The number of hydrogen-bond donors (Lipinski definition) is 2. The van der Waals surface area contributed by atoms with Gasteiger partial charge in [-0.05, 0) is 56.1 Å². The highest BCUT2D eigenvalue weighted by atomic mass is 16.2. The number of imidazole rings is 1. The fourth-order valence-corrected chi connectivity index (χ4v) is 5.22. The molecule has 33 heavy (non-hydrogen) atoms. The highest BCUT2D eigenvalue weighted by molar-refractivity contribution is 5.88. The number of aryl methyl sites for hydroxylation is 1. The molecule has 2 fully saturated rings. The normalized spacial score (nSPS) is 18.7. The van der Waals surface area contributed by atoms with E-state index in [0.29, 0.717) is 18.8 Å². The van der Waals surface area contributed by atoms with Crippen molar-refractivity contribution in [2.24, 2.45) is 0 Å². The Balaban J connectivity index is 1.57. The number of nitrogens with zero attached hydrogens (tertiary/aromatic N) is 4. The molecule has 3 aromatic rings. The quantitative estimate of drug-likeness (QED) is 0.637. The minimum absolute atomic E-state index is 0.108. The molecular formula is C26H28N6O. The predicted molar refractivity (Wildman–Crippen MR) is 125 cm³/mol. The molecule has 1 atom stereocenters. The standard InChI is InChI=1S/C26H28N6O/c1-19-3-2-4-22(13-19)24(32-18-30-25(33)26(32)9-11-28-12-10-26)23-15-29-17-31(23)16-21-7-5-20(14-27)6-8-21/h2-8,13,15,17,24,28H,9-12,16,18H2,1H3,(H,30,33). The second-order valence-corrected chi connectivity index (χ2v) is 8.99. The van der Waals surface area contributed by atoms with E-state index in [-0.39, 0.29) is 11.9 Å². The van der Waals surface area contributed by atoms with Crippen molar-refractivity contribution >= 4 is 5.91 Å². The number of amides is 1. The first kappa shape index (κ1) is 21.4. The van der Waals surface area contributed by atoms with Crippen LogP contribution in [0.3, 0.4) is 0 Å². The molecule has 7 nitrogen and oxygen atoms in total. The van der Waals surface area contributed by atoms with Crippen LogP contribution in [0.5, 0.6) is 0 Å². The van der Waals surface area contributed by atoms with E-state index in [4.69, 9.17) is 5.26 Å². The summed E-state index contributed by atoms with van der Waals surface area (Å²) in [6.45, 7) is 4.92. The van der Waals surface area contributed by atoms with Gasteiger partial charge in [-0.1, -0.05) is 42.0 Å². The summed E-state index contributed by atoms with van der Waals surface area (Å²) in [4.78, 5) is 20.0. The molecule has 1 spiro atoms. The van der Waals surface area contributed by atoms with Gasteiger partial charge in [0.05, 0.1) is 42.6 Å². The number of aromatic nitrogens is 2. The molecule has 3 heterocycles. The summed E-state index contributed by atoms with van der Waals surface area (Å²) in [6, 6.07) is 18.3. The third-order valence-electron chi connectivity index (χ3n) is 6.94. The lowest BCUT2D eigenvalue weighted by atomic mass is 9.84. The molecule has 0 saturated carbocycles. The first-order chi connectivity index (χ1) is 16.1. The average molecular weight is 441 g/mol. The van der Waals surface area contributed by atoms with Gasteiger partial charge in [0.2, 0.25) is 5.91 Å². The third-order valence-corrected chi connectivity index (χ3v) is 6.94. The molecule has 5 rings (SSSR count). The minimum atomic E-state index is -0.525. The number of hydrogen-bond acceptors (Lipinski definition) is 5. The molecule has 1 amide bonds. The Morgan fingerprint density at radius 2 is 1.97 bits per heavy atom. The van der Waals surface area contributed by atoms with Crippen LogP contribution in [0.25, 0.3) is 0 Å². The molecule has 0 bridgehead atoms. The molecule has 168 valence electrons. The molecule has 1 aromatic heterocycles. The van der Waals surface area contributed by atoms with Crippen LogP contribution in [-0.2, 0) is 11.3 Å². The van der Waals surface area contributed by atoms with Crippen molar-refractivity contribution in [1.29, 1.82) is 5.26 Å². The van der Waals surface area contributed by atoms with Crippen LogP contribution in [0, 0.1) is 18.3 Å². The smallest absolute Gasteiger partial charge is 0.241 e. The molecule has 0 aliphatic carbocycles. The monoisotopic (exact) mass is 440 g/mol. The SMILES string of the molecule is Cc1cccc(C(c2cncn2Cc2ccc(C#N)cc2)N2CNC(=O)C23CCNCC3)c1. The zero-order valence-electron chi connectivity index (χ0n) is 18.8. The van der Waals surface area contributed by atoms with E-state index in [1.165, 1.54) is 5.56 Å². The van der Waals surface area contributed by atoms with Gasteiger partial charge in [0, 0.05) is 6.54 Å². The van der Waals surface area contributed by atoms with Crippen LogP contribution >= 0.6 is 0 Å². The van der Waals surface area contributed by atoms with E-state index in [1.54, 1.807) is 0 Å². The Labute approximate surface area is 194 Å². The lowest BCUT2D eigenvalue weighted by Crippen LogP contribution is -2.56. The Morgan fingerprint density at radius 1 is 1.18 bits per heavy atom. The van der Waals surface area contributed by atoms with E-state index in [9.17, 15) is 4.79 Å². The van der Waals surface area contributed by atoms with Gasteiger partial charge in [-0.3, -0.25) is 9.69 Å². The number of benzene rings is 2. The highest BCUT2D eigenvalue weighted by Gasteiger charge is 2.52. The van der Waals surface area contributed by atoms with Crippen molar-refractivity contribution < 1.29 is 4.79 Å². The Bertz CT molecular complexity index is 1190. The van der Waals surface area contributed by atoms with Crippen LogP contribution < -0.4 is 10.6 Å². The molecule has 2 aromatic carbocycles. The molecule has 2 aliphatic heterocycles. The van der Waals surface area contributed by atoms with E-state index in [2.05, 4.69) is 62.3 Å². The van der Waals surface area contributed by atoms with E-state index < -0.39 is 5.54 Å². The summed E-state index contributed by atoms with van der Waals surface area (Å²) in [5, 5.41) is 15.6. The van der Waals surface area contributed by atoms with Crippen LogP contribution in [-0.4, -0.2) is 45.7 Å². The van der Waals surface area contributed by atoms with Crippen molar-refractivity contribution in [3.63, 3.8) is 0 Å². The third kappa shape index (κ3) is 3.92. The largest absolute Gasteiger partial charge is 0.342 e. The van der Waals surface area contributed by atoms with Gasteiger partial charge >= 0.3 is 0 Å². The maximum absolute atomic E-state index is 13.1. The maximum Gasteiger partial charge on any atom is 0.241 e. The van der Waals surface area contributed by atoms with Gasteiger partial charge in [0.15, 0.2) is 0 Å². The first-order valence-corrected chi connectivity index (χ1v) is 11.4. The molecule has 2 N–H and O–H groups in total. The number of piperidine rings is 1. The van der Waals surface area contributed by atoms with Gasteiger partial charge in [0.1, 0.15) is 5.54 Å². The van der Waals surface area contributed by atoms with Gasteiger partial charge in [-0.25, -0.2) is 4.98 Å². The van der Waals surface area contributed by atoms with Crippen LogP contribution in [0.2, 0.25) is 0 Å².